The molecule has 1 aliphatic rings. The monoisotopic (exact) mass is 850 g/mol. The summed E-state index contributed by atoms with van der Waals surface area (Å²) in [7, 11) is 8.53. The number of nitrogens with zero attached hydrogens (tertiary/aromatic N) is 4. The van der Waals surface area contributed by atoms with Crippen molar-refractivity contribution < 1.29 is 33.4 Å². The van der Waals surface area contributed by atoms with E-state index in [1.165, 1.54) is 0 Å². The van der Waals surface area contributed by atoms with Crippen molar-refractivity contribution in [2.45, 2.75) is 136 Å². The van der Waals surface area contributed by atoms with Gasteiger partial charge in [-0.25, -0.2) is 0 Å². The predicted molar refractivity (Wildman–Crippen MR) is 238 cm³/mol. The van der Waals surface area contributed by atoms with Gasteiger partial charge in [-0.3, -0.25) is 33.9 Å². The summed E-state index contributed by atoms with van der Waals surface area (Å²) in [5.74, 6) is -2.25. The van der Waals surface area contributed by atoms with Gasteiger partial charge < -0.3 is 35.2 Å². The highest BCUT2D eigenvalue weighted by Crippen LogP contribution is 2.30. The van der Waals surface area contributed by atoms with Crippen molar-refractivity contribution in [3.63, 3.8) is 0 Å². The topological polar surface area (TPSA) is 163 Å². The van der Waals surface area contributed by atoms with E-state index in [9.17, 15) is 24.0 Å². The summed E-state index contributed by atoms with van der Waals surface area (Å²) in [4.78, 5) is 79.6. The Morgan fingerprint density at radius 3 is 2.08 bits per heavy atom. The Kier molecular flexibility index (Phi) is 20.3. The third-order valence-corrected chi connectivity index (χ3v) is 12.3. The first-order valence-corrected chi connectivity index (χ1v) is 22.0. The van der Waals surface area contributed by atoms with Gasteiger partial charge in [0, 0.05) is 52.7 Å². The molecule has 5 amide bonds. The molecular weight excluding hydrogens is 775 g/mol. The molecule has 0 aliphatic carbocycles. The Labute approximate surface area is 365 Å². The minimum absolute atomic E-state index is 0.00129. The van der Waals surface area contributed by atoms with Gasteiger partial charge in [0.05, 0.1) is 42.7 Å². The van der Waals surface area contributed by atoms with Gasteiger partial charge in [-0.2, -0.15) is 0 Å². The van der Waals surface area contributed by atoms with Crippen molar-refractivity contribution in [2.75, 3.05) is 41.9 Å². The number of methoxy groups -OCH3 is 2. The number of rotatable bonds is 23. The first-order valence-electron chi connectivity index (χ1n) is 22.0. The van der Waals surface area contributed by atoms with E-state index in [4.69, 9.17) is 9.47 Å². The number of aryl methyl sites for hydroxylation is 1. The van der Waals surface area contributed by atoms with Crippen molar-refractivity contribution in [3.8, 4) is 0 Å². The van der Waals surface area contributed by atoms with Gasteiger partial charge in [0.25, 0.3) is 0 Å². The van der Waals surface area contributed by atoms with Crippen LogP contribution in [-0.2, 0) is 46.4 Å². The van der Waals surface area contributed by atoms with Crippen LogP contribution in [0.25, 0.3) is 0 Å². The average molecular weight is 850 g/mol. The number of ether oxygens (including phenoxy) is 2. The van der Waals surface area contributed by atoms with Crippen LogP contribution in [0, 0.1) is 30.6 Å². The van der Waals surface area contributed by atoms with Gasteiger partial charge in [0.1, 0.15) is 12.1 Å². The first-order chi connectivity index (χ1) is 28.9. The summed E-state index contributed by atoms with van der Waals surface area (Å²) in [6, 6.07) is 10.4. The molecule has 1 saturated heterocycles. The molecule has 14 nitrogen and oxygen atoms in total. The minimum Gasteiger partial charge on any atom is -0.379 e. The van der Waals surface area contributed by atoms with Gasteiger partial charge in [0.15, 0.2) is 0 Å². The van der Waals surface area contributed by atoms with Gasteiger partial charge in [-0.15, -0.1) is 0 Å². The van der Waals surface area contributed by atoms with E-state index in [-0.39, 0.29) is 60.1 Å². The first kappa shape index (κ1) is 51.0. The van der Waals surface area contributed by atoms with Crippen LogP contribution in [0.5, 0.6) is 0 Å². The standard InChI is InChI=1S/C47H75N7O7/c1-14-32(7)42(53(11)47(59)40(29(2)3)51-46(58)41(30(4)5)52(9)10)38(60-12)27-39(55)54-25-17-19-37(54)43(61-13)33(8)44(56)50-36(26-35-18-15-16-24-48-35)45(57)49-28-34-22-20-31(6)21-23-34/h15-16,18,20-24,29-30,32-33,36-38,40-43H,14,17,19,25-28H2,1-13H3,(H,49,57)(H,50,56)(H,51,58)/t32-,33+,36-,37-,38+,40-,41-,42-,43+/m0/s1. The van der Waals surface area contributed by atoms with Crippen LogP contribution >= 0.6 is 0 Å². The highest BCUT2D eigenvalue weighted by Gasteiger charge is 2.43. The Morgan fingerprint density at radius 2 is 1.54 bits per heavy atom. The van der Waals surface area contributed by atoms with Gasteiger partial charge in [-0.05, 0) is 69.3 Å². The van der Waals surface area contributed by atoms with Gasteiger partial charge in [-0.1, -0.05) is 90.8 Å². The van der Waals surface area contributed by atoms with Crippen LogP contribution in [0.2, 0.25) is 0 Å². The third-order valence-electron chi connectivity index (χ3n) is 12.3. The lowest BCUT2D eigenvalue weighted by atomic mass is 9.89. The molecule has 3 N–H and O–H groups in total. The Morgan fingerprint density at radius 1 is 0.869 bits per heavy atom. The summed E-state index contributed by atoms with van der Waals surface area (Å²) >= 11 is 0. The molecule has 1 fully saturated rings. The molecule has 0 unspecified atom stereocenters. The molecule has 0 radical (unpaired) electrons. The second-order valence-corrected chi connectivity index (χ2v) is 17.8. The normalized spacial score (nSPS) is 18.2. The van der Waals surface area contributed by atoms with Crippen LogP contribution in [0.1, 0.15) is 91.0 Å². The Balaban J connectivity index is 1.79. The quantitative estimate of drug-likeness (QED) is 0.147. The fourth-order valence-electron chi connectivity index (χ4n) is 8.67. The number of carbonyl (C=O) groups is 5. The smallest absolute Gasteiger partial charge is 0.245 e. The van der Waals surface area contributed by atoms with E-state index >= 15 is 0 Å². The van der Waals surface area contributed by atoms with E-state index in [2.05, 4.69) is 20.9 Å². The number of hydrogen-bond acceptors (Lipinski definition) is 9. The number of likely N-dealkylation sites (N-methyl/N-ethyl adjacent to an activating group) is 2. The molecule has 1 aliphatic heterocycles. The molecule has 3 rings (SSSR count). The zero-order chi connectivity index (χ0) is 45.6. The largest absolute Gasteiger partial charge is 0.379 e. The van der Waals surface area contributed by atoms with Gasteiger partial charge >= 0.3 is 0 Å². The summed E-state index contributed by atoms with van der Waals surface area (Å²) in [6.07, 6.45) is 2.59. The molecule has 340 valence electrons. The zero-order valence-electron chi connectivity index (χ0n) is 39.1. The second kappa shape index (κ2) is 24.3. The van der Waals surface area contributed by atoms with Crippen molar-refractivity contribution in [3.05, 3.63) is 65.5 Å². The predicted octanol–water partition coefficient (Wildman–Crippen LogP) is 4.38. The number of hydrogen-bond donors (Lipinski definition) is 3. The fraction of sp³-hybridized carbons (Fsp3) is 0.660. The van der Waals surface area contributed by atoms with E-state index in [1.807, 2.05) is 104 Å². The molecule has 9 atom stereocenters. The van der Waals surface area contributed by atoms with E-state index in [1.54, 1.807) is 50.3 Å². The minimum atomic E-state index is -0.901. The van der Waals surface area contributed by atoms with Crippen LogP contribution in [0.4, 0.5) is 0 Å². The molecular formula is C47H75N7O7. The maximum atomic E-state index is 14.4. The molecule has 14 heteroatoms. The number of likely N-dealkylation sites (tertiary alicyclic amines) is 1. The van der Waals surface area contributed by atoms with Crippen molar-refractivity contribution in [1.82, 2.24) is 35.6 Å². The van der Waals surface area contributed by atoms with Crippen molar-refractivity contribution in [2.24, 2.45) is 23.7 Å². The van der Waals surface area contributed by atoms with E-state index in [0.29, 0.717) is 25.2 Å². The van der Waals surface area contributed by atoms with Crippen LogP contribution in [0.3, 0.4) is 0 Å². The highest BCUT2D eigenvalue weighted by molar-refractivity contribution is 5.90. The lowest BCUT2D eigenvalue weighted by Gasteiger charge is -2.41. The molecule has 0 spiro atoms. The van der Waals surface area contributed by atoms with Crippen molar-refractivity contribution in [1.29, 1.82) is 0 Å². The fourth-order valence-corrected chi connectivity index (χ4v) is 8.67. The molecule has 1 aromatic heterocycles. The third kappa shape index (κ3) is 14.1. The maximum absolute atomic E-state index is 14.4. The number of pyridine rings is 1. The summed E-state index contributed by atoms with van der Waals surface area (Å²) < 4.78 is 12.1. The number of carbonyl (C=O) groups excluding carboxylic acids is 5. The Bertz CT molecular complexity index is 1700. The summed E-state index contributed by atoms with van der Waals surface area (Å²) in [5.41, 5.74) is 2.71. The van der Waals surface area contributed by atoms with Crippen LogP contribution in [-0.4, -0.2) is 134 Å². The average Bonchev–Trinajstić information content (AvgIpc) is 3.71. The SMILES string of the molecule is CC[C@H](C)[C@@H]([C@@H](CC(=O)N1CCC[C@H]1[C@H](OC)[C@@H](C)C(=O)N[C@@H](Cc1ccccn1)C(=O)NCc1ccc(C)cc1)OC)N(C)C(=O)[C@@H](NC(=O)[C@H](C(C)C)N(C)C)C(C)C. The molecule has 0 bridgehead atoms. The highest BCUT2D eigenvalue weighted by atomic mass is 16.5. The maximum Gasteiger partial charge on any atom is 0.245 e. The lowest BCUT2D eigenvalue weighted by Crippen LogP contribution is -2.59. The summed E-state index contributed by atoms with van der Waals surface area (Å²) in [6.45, 7) is 16.4. The van der Waals surface area contributed by atoms with Crippen molar-refractivity contribution >= 4 is 29.5 Å². The Hall–Kier alpha value is -4.40. The van der Waals surface area contributed by atoms with Crippen LogP contribution in [0.15, 0.2) is 48.7 Å². The second-order valence-electron chi connectivity index (χ2n) is 17.8. The molecule has 61 heavy (non-hydrogen) atoms. The lowest BCUT2D eigenvalue weighted by molar-refractivity contribution is -0.148. The van der Waals surface area contributed by atoms with Crippen LogP contribution < -0.4 is 16.0 Å². The molecule has 2 aromatic rings. The molecule has 0 saturated carbocycles. The molecule has 2 heterocycles. The number of benzene rings is 1. The van der Waals surface area contributed by atoms with Gasteiger partial charge in [0.2, 0.25) is 29.5 Å². The molecule has 1 aromatic carbocycles. The number of nitrogens with one attached hydrogen (secondary N) is 3. The summed E-state index contributed by atoms with van der Waals surface area (Å²) in [5, 5.41) is 8.99. The van der Waals surface area contributed by atoms with E-state index < -0.39 is 48.3 Å². The van der Waals surface area contributed by atoms with E-state index in [0.717, 1.165) is 24.0 Å². The number of amides is 5. The zero-order valence-corrected chi connectivity index (χ0v) is 39.1. The number of aromatic nitrogens is 1.